The van der Waals surface area contributed by atoms with Gasteiger partial charge in [0, 0.05) is 16.3 Å². The Bertz CT molecular complexity index is 1250. The van der Waals surface area contributed by atoms with E-state index < -0.39 is 5.97 Å². The molecular formula is C23H18ClN5O2S. The highest BCUT2D eigenvalue weighted by molar-refractivity contribution is 8.15. The van der Waals surface area contributed by atoms with Gasteiger partial charge in [0.15, 0.2) is 5.82 Å². The van der Waals surface area contributed by atoms with Crippen LogP contribution in [-0.4, -0.2) is 32.9 Å². The van der Waals surface area contributed by atoms with Crippen LogP contribution in [0.4, 0.5) is 5.69 Å². The van der Waals surface area contributed by atoms with Gasteiger partial charge in [-0.2, -0.15) is 5.10 Å². The van der Waals surface area contributed by atoms with Crippen molar-refractivity contribution in [1.29, 1.82) is 0 Å². The fourth-order valence-corrected chi connectivity index (χ4v) is 3.86. The summed E-state index contributed by atoms with van der Waals surface area (Å²) in [5.41, 5.74) is 5.22. The number of ether oxygens (including phenoxy) is 1. The molecule has 1 heterocycles. The number of thioether (sulfide) groups is 1. The molecule has 0 amide bonds. The van der Waals surface area contributed by atoms with Crippen molar-refractivity contribution >= 4 is 40.1 Å². The Balaban J connectivity index is 1.73. The number of methoxy groups -OCH3 is 1. The normalized spacial score (nSPS) is 11.2. The molecule has 0 saturated heterocycles. The Morgan fingerprint density at radius 1 is 1.00 bits per heavy atom. The maximum Gasteiger partial charge on any atom is 0.365 e. The van der Waals surface area contributed by atoms with Gasteiger partial charge in [0.2, 0.25) is 10.2 Å². The van der Waals surface area contributed by atoms with E-state index in [-0.39, 0.29) is 5.04 Å². The smallest absolute Gasteiger partial charge is 0.365 e. The Hall–Kier alpha value is -3.62. The van der Waals surface area contributed by atoms with Gasteiger partial charge in [-0.25, -0.2) is 4.79 Å². The minimum atomic E-state index is -0.603. The minimum absolute atomic E-state index is 0.0664. The van der Waals surface area contributed by atoms with Crippen LogP contribution in [0.2, 0.25) is 5.02 Å². The number of benzene rings is 3. The van der Waals surface area contributed by atoms with Crippen molar-refractivity contribution in [3.05, 3.63) is 90.0 Å². The highest BCUT2D eigenvalue weighted by atomic mass is 35.5. The number of aromatic nitrogens is 3. The van der Waals surface area contributed by atoms with Crippen LogP contribution in [0.15, 0.2) is 95.2 Å². The van der Waals surface area contributed by atoms with Crippen molar-refractivity contribution in [2.24, 2.45) is 5.10 Å². The maximum atomic E-state index is 12.4. The van der Waals surface area contributed by atoms with E-state index in [0.717, 1.165) is 23.0 Å². The summed E-state index contributed by atoms with van der Waals surface area (Å²) in [6, 6.07) is 26.4. The molecule has 0 unspecified atom stereocenters. The maximum absolute atomic E-state index is 12.4. The van der Waals surface area contributed by atoms with E-state index in [4.69, 9.17) is 16.3 Å². The zero-order chi connectivity index (χ0) is 22.3. The molecule has 0 fully saturated rings. The van der Waals surface area contributed by atoms with E-state index in [1.807, 2.05) is 65.2 Å². The zero-order valence-corrected chi connectivity index (χ0v) is 18.5. The fraction of sp³-hybridized carbons (Fsp3) is 0.0435. The van der Waals surface area contributed by atoms with Crippen LogP contribution in [0.25, 0.3) is 17.1 Å². The summed E-state index contributed by atoms with van der Waals surface area (Å²) in [6.07, 6.45) is 0. The molecule has 0 saturated carbocycles. The molecule has 160 valence electrons. The van der Waals surface area contributed by atoms with Crippen LogP contribution in [-0.2, 0) is 9.53 Å². The third-order valence-corrected chi connectivity index (χ3v) is 5.47. The first-order valence-electron chi connectivity index (χ1n) is 9.57. The van der Waals surface area contributed by atoms with Crippen LogP contribution in [0.5, 0.6) is 0 Å². The summed E-state index contributed by atoms with van der Waals surface area (Å²) < 4.78 is 6.79. The Morgan fingerprint density at radius 2 is 1.72 bits per heavy atom. The largest absolute Gasteiger partial charge is 0.464 e. The van der Waals surface area contributed by atoms with Gasteiger partial charge in [-0.15, -0.1) is 10.2 Å². The molecule has 1 N–H and O–H groups in total. The SMILES string of the molecule is COC(=O)/C(=N/Nc1cccc(Cl)c1)Sc1nnc(-c2ccccc2)n1-c1ccccc1. The summed E-state index contributed by atoms with van der Waals surface area (Å²) in [6.45, 7) is 0. The molecular weight excluding hydrogens is 446 g/mol. The molecule has 0 aliphatic heterocycles. The number of esters is 1. The second kappa shape index (κ2) is 10.1. The lowest BCUT2D eigenvalue weighted by molar-refractivity contribution is -0.132. The lowest BCUT2D eigenvalue weighted by atomic mass is 10.2. The quantitative estimate of drug-likeness (QED) is 0.142. The monoisotopic (exact) mass is 463 g/mol. The summed E-state index contributed by atoms with van der Waals surface area (Å²) in [4.78, 5) is 12.4. The second-order valence-corrected chi connectivity index (χ2v) is 7.87. The molecule has 0 atom stereocenters. The summed E-state index contributed by atoms with van der Waals surface area (Å²) >= 11 is 7.07. The van der Waals surface area contributed by atoms with Gasteiger partial charge < -0.3 is 4.74 Å². The van der Waals surface area contributed by atoms with Crippen molar-refractivity contribution in [3.63, 3.8) is 0 Å². The van der Waals surface area contributed by atoms with Crippen LogP contribution < -0.4 is 5.43 Å². The molecule has 0 spiro atoms. The average molecular weight is 464 g/mol. The number of nitrogens with zero attached hydrogens (tertiary/aromatic N) is 4. The van der Waals surface area contributed by atoms with Crippen molar-refractivity contribution in [2.75, 3.05) is 12.5 Å². The van der Waals surface area contributed by atoms with E-state index in [1.54, 1.807) is 24.3 Å². The first-order chi connectivity index (χ1) is 15.7. The van der Waals surface area contributed by atoms with E-state index in [1.165, 1.54) is 7.11 Å². The second-order valence-electron chi connectivity index (χ2n) is 6.48. The summed E-state index contributed by atoms with van der Waals surface area (Å²) in [5, 5.41) is 14.0. The molecule has 7 nitrogen and oxygen atoms in total. The van der Waals surface area contributed by atoms with E-state index >= 15 is 0 Å². The predicted octanol–water partition coefficient (Wildman–Crippen LogP) is 5.28. The molecule has 3 aromatic carbocycles. The Labute approximate surface area is 194 Å². The van der Waals surface area contributed by atoms with Gasteiger partial charge in [0.05, 0.1) is 12.8 Å². The van der Waals surface area contributed by atoms with Crippen molar-refractivity contribution in [1.82, 2.24) is 14.8 Å². The average Bonchev–Trinajstić information content (AvgIpc) is 3.26. The third kappa shape index (κ3) is 4.99. The number of halogens is 1. The number of hydrogen-bond acceptors (Lipinski definition) is 7. The molecule has 0 aliphatic rings. The highest BCUT2D eigenvalue weighted by Gasteiger charge is 2.22. The third-order valence-electron chi connectivity index (χ3n) is 4.34. The van der Waals surface area contributed by atoms with Gasteiger partial charge in [-0.3, -0.25) is 9.99 Å². The van der Waals surface area contributed by atoms with Gasteiger partial charge in [-0.05, 0) is 42.1 Å². The lowest BCUT2D eigenvalue weighted by Gasteiger charge is -2.11. The predicted molar refractivity (Wildman–Crippen MR) is 127 cm³/mol. The van der Waals surface area contributed by atoms with Gasteiger partial charge in [0.1, 0.15) is 0 Å². The number of para-hydroxylation sites is 1. The number of rotatable bonds is 5. The van der Waals surface area contributed by atoms with E-state index in [2.05, 4.69) is 20.7 Å². The number of hydrogen-bond donors (Lipinski definition) is 1. The Morgan fingerprint density at radius 3 is 2.41 bits per heavy atom. The lowest BCUT2D eigenvalue weighted by Crippen LogP contribution is -2.15. The molecule has 1 aromatic heterocycles. The standard InChI is InChI=1S/C23H18ClN5O2S/c1-31-22(30)21(27-25-18-12-8-11-17(24)15-18)32-23-28-26-20(16-9-4-2-5-10-16)29(23)19-13-6-3-7-14-19/h2-15,25H,1H3/b27-21-. The first-order valence-corrected chi connectivity index (χ1v) is 10.8. The molecule has 4 aromatic rings. The van der Waals surface area contributed by atoms with Crippen molar-refractivity contribution in [2.45, 2.75) is 5.16 Å². The molecule has 0 radical (unpaired) electrons. The van der Waals surface area contributed by atoms with Gasteiger partial charge in [0.25, 0.3) is 0 Å². The summed E-state index contributed by atoms with van der Waals surface area (Å²) in [5.74, 6) is 0.0414. The Kier molecular flexibility index (Phi) is 6.84. The van der Waals surface area contributed by atoms with E-state index in [0.29, 0.717) is 21.7 Å². The summed E-state index contributed by atoms with van der Waals surface area (Å²) in [7, 11) is 1.30. The number of carbonyl (C=O) groups is 1. The fourth-order valence-electron chi connectivity index (χ4n) is 2.88. The number of carbonyl (C=O) groups excluding carboxylic acids is 1. The first kappa shape index (κ1) is 21.6. The van der Waals surface area contributed by atoms with Crippen LogP contribution >= 0.6 is 23.4 Å². The van der Waals surface area contributed by atoms with Crippen LogP contribution in [0.1, 0.15) is 0 Å². The van der Waals surface area contributed by atoms with E-state index in [9.17, 15) is 4.79 Å². The van der Waals surface area contributed by atoms with Crippen LogP contribution in [0, 0.1) is 0 Å². The number of anilines is 1. The van der Waals surface area contributed by atoms with Gasteiger partial charge >= 0.3 is 5.97 Å². The molecule has 0 aliphatic carbocycles. The number of hydrazone groups is 1. The van der Waals surface area contributed by atoms with Crippen LogP contribution in [0.3, 0.4) is 0 Å². The van der Waals surface area contributed by atoms with Crippen molar-refractivity contribution in [3.8, 4) is 17.1 Å². The molecule has 9 heteroatoms. The molecule has 32 heavy (non-hydrogen) atoms. The van der Waals surface area contributed by atoms with Crippen molar-refractivity contribution < 1.29 is 9.53 Å². The molecule has 0 bridgehead atoms. The van der Waals surface area contributed by atoms with Gasteiger partial charge in [-0.1, -0.05) is 66.2 Å². The topological polar surface area (TPSA) is 81.4 Å². The molecule has 4 rings (SSSR count). The zero-order valence-electron chi connectivity index (χ0n) is 17.0. The highest BCUT2D eigenvalue weighted by Crippen LogP contribution is 2.29. The number of nitrogens with one attached hydrogen (secondary N) is 1. The minimum Gasteiger partial charge on any atom is -0.464 e.